The number of rotatable bonds is 6. The minimum absolute atomic E-state index is 0.178. The smallest absolute Gasteiger partial charge is 0.185 e. The first kappa shape index (κ1) is 19.6. The van der Waals surface area contributed by atoms with E-state index in [0.29, 0.717) is 6.61 Å². The van der Waals surface area contributed by atoms with Crippen molar-refractivity contribution in [3.05, 3.63) is 76.3 Å². The molecule has 1 saturated heterocycles. The van der Waals surface area contributed by atoms with E-state index in [1.165, 1.54) is 36.0 Å². The Labute approximate surface area is 182 Å². The minimum Gasteiger partial charge on any atom is -0.488 e. The van der Waals surface area contributed by atoms with Crippen molar-refractivity contribution in [1.82, 2.24) is 4.98 Å². The lowest BCUT2D eigenvalue weighted by molar-refractivity contribution is 0.122. The fourth-order valence-electron chi connectivity index (χ4n) is 4.44. The molecule has 0 amide bonds. The number of morpholine rings is 1. The van der Waals surface area contributed by atoms with Crippen LogP contribution in [-0.2, 0) is 16.8 Å². The predicted octanol–water partition coefficient (Wildman–Crippen LogP) is 5.34. The summed E-state index contributed by atoms with van der Waals surface area (Å²) >= 11 is 1.71. The molecule has 1 aliphatic carbocycles. The fourth-order valence-corrected chi connectivity index (χ4v) is 5.31. The molecular weight excluding hydrogens is 392 g/mol. The Balaban J connectivity index is 1.24. The second-order valence-electron chi connectivity index (χ2n) is 8.32. The number of nitrogens with zero attached hydrogens (tertiary/aromatic N) is 2. The Morgan fingerprint density at radius 2 is 1.67 bits per heavy atom. The van der Waals surface area contributed by atoms with Crippen molar-refractivity contribution in [1.29, 1.82) is 0 Å². The Morgan fingerprint density at radius 3 is 2.30 bits per heavy atom. The molecule has 5 rings (SSSR count). The quantitative estimate of drug-likeness (QED) is 0.539. The van der Waals surface area contributed by atoms with Crippen LogP contribution in [0.25, 0.3) is 0 Å². The molecule has 156 valence electrons. The standard InChI is InChI=1S/C25H28N2O2S/c1-19-3-5-20(6-4-19)25(11-2-12-25)21-7-9-22(10-8-21)29-18-23-17-26-24(30-23)27-13-15-28-16-14-27/h3-10,17H,2,11-16,18H2,1H3. The molecule has 0 N–H and O–H groups in total. The van der Waals surface area contributed by atoms with Gasteiger partial charge in [0.2, 0.25) is 0 Å². The van der Waals surface area contributed by atoms with Crippen LogP contribution < -0.4 is 9.64 Å². The third-order valence-electron chi connectivity index (χ3n) is 6.42. The van der Waals surface area contributed by atoms with Crippen LogP contribution in [-0.4, -0.2) is 31.3 Å². The predicted molar refractivity (Wildman–Crippen MR) is 122 cm³/mol. The second kappa shape index (κ2) is 8.40. The lowest BCUT2D eigenvalue weighted by Crippen LogP contribution is -2.36. The third-order valence-corrected chi connectivity index (χ3v) is 7.45. The monoisotopic (exact) mass is 420 g/mol. The summed E-state index contributed by atoms with van der Waals surface area (Å²) in [4.78, 5) is 8.00. The molecule has 2 fully saturated rings. The van der Waals surface area contributed by atoms with E-state index in [9.17, 15) is 0 Å². The van der Waals surface area contributed by atoms with Gasteiger partial charge in [0, 0.05) is 24.7 Å². The van der Waals surface area contributed by atoms with Crippen molar-refractivity contribution < 1.29 is 9.47 Å². The van der Waals surface area contributed by atoms with Crippen LogP contribution in [0.2, 0.25) is 0 Å². The molecule has 0 spiro atoms. The number of thiazole rings is 1. The van der Waals surface area contributed by atoms with Gasteiger partial charge in [0.15, 0.2) is 5.13 Å². The second-order valence-corrected chi connectivity index (χ2v) is 9.42. The van der Waals surface area contributed by atoms with Crippen LogP contribution in [0.4, 0.5) is 5.13 Å². The zero-order valence-electron chi connectivity index (χ0n) is 17.5. The van der Waals surface area contributed by atoms with Gasteiger partial charge in [-0.2, -0.15) is 0 Å². The highest BCUT2D eigenvalue weighted by molar-refractivity contribution is 7.15. The van der Waals surface area contributed by atoms with Crippen LogP contribution in [0.3, 0.4) is 0 Å². The summed E-state index contributed by atoms with van der Waals surface area (Å²) < 4.78 is 11.5. The normalized spacial score (nSPS) is 18.1. The molecule has 1 saturated carbocycles. The van der Waals surface area contributed by atoms with Gasteiger partial charge >= 0.3 is 0 Å². The summed E-state index contributed by atoms with van der Waals surface area (Å²) in [7, 11) is 0. The Morgan fingerprint density at radius 1 is 1.00 bits per heavy atom. The van der Waals surface area contributed by atoms with Crippen LogP contribution in [0.5, 0.6) is 5.75 Å². The van der Waals surface area contributed by atoms with Crippen molar-refractivity contribution in [2.24, 2.45) is 0 Å². The highest BCUT2D eigenvalue weighted by Crippen LogP contribution is 2.49. The van der Waals surface area contributed by atoms with E-state index in [2.05, 4.69) is 65.3 Å². The van der Waals surface area contributed by atoms with Gasteiger partial charge in [-0.15, -0.1) is 0 Å². The fraction of sp³-hybridized carbons (Fsp3) is 0.400. The summed E-state index contributed by atoms with van der Waals surface area (Å²) in [6.07, 6.45) is 5.68. The van der Waals surface area contributed by atoms with Gasteiger partial charge in [0.25, 0.3) is 0 Å². The van der Waals surface area contributed by atoms with E-state index >= 15 is 0 Å². The Hall–Kier alpha value is -2.37. The van der Waals surface area contributed by atoms with Gasteiger partial charge < -0.3 is 14.4 Å². The van der Waals surface area contributed by atoms with E-state index in [0.717, 1.165) is 42.1 Å². The molecule has 1 aliphatic heterocycles. The Kier molecular flexibility index (Phi) is 5.48. The van der Waals surface area contributed by atoms with Gasteiger partial charge in [0.05, 0.1) is 18.1 Å². The molecule has 2 aliphatic rings. The number of hydrogen-bond acceptors (Lipinski definition) is 5. The first-order chi connectivity index (χ1) is 14.7. The zero-order chi connectivity index (χ0) is 20.4. The number of hydrogen-bond donors (Lipinski definition) is 0. The number of aryl methyl sites for hydroxylation is 1. The minimum atomic E-state index is 0.178. The van der Waals surface area contributed by atoms with E-state index < -0.39 is 0 Å². The molecule has 2 aromatic carbocycles. The molecule has 2 heterocycles. The maximum absolute atomic E-state index is 6.06. The molecule has 0 unspecified atom stereocenters. The average molecular weight is 421 g/mol. The van der Waals surface area contributed by atoms with Crippen molar-refractivity contribution in [3.8, 4) is 5.75 Å². The molecule has 4 nitrogen and oxygen atoms in total. The average Bonchev–Trinajstić information content (AvgIpc) is 3.23. The van der Waals surface area contributed by atoms with Crippen molar-refractivity contribution in [2.45, 2.75) is 38.2 Å². The van der Waals surface area contributed by atoms with Crippen molar-refractivity contribution in [3.63, 3.8) is 0 Å². The molecule has 0 atom stereocenters. The van der Waals surface area contributed by atoms with Gasteiger partial charge in [-0.3, -0.25) is 0 Å². The van der Waals surface area contributed by atoms with E-state index in [4.69, 9.17) is 9.47 Å². The topological polar surface area (TPSA) is 34.6 Å². The highest BCUT2D eigenvalue weighted by Gasteiger charge is 2.40. The third kappa shape index (κ3) is 3.84. The zero-order valence-corrected chi connectivity index (χ0v) is 18.3. The number of anilines is 1. The summed E-state index contributed by atoms with van der Waals surface area (Å²) in [5.41, 5.74) is 4.33. The maximum atomic E-state index is 6.06. The molecule has 3 aromatic rings. The van der Waals surface area contributed by atoms with Gasteiger partial charge in [0.1, 0.15) is 12.4 Å². The summed E-state index contributed by atoms with van der Waals surface area (Å²) in [6.45, 7) is 6.10. The van der Waals surface area contributed by atoms with Crippen molar-refractivity contribution >= 4 is 16.5 Å². The number of benzene rings is 2. The van der Waals surface area contributed by atoms with Crippen LogP contribution in [0.1, 0.15) is 40.8 Å². The SMILES string of the molecule is Cc1ccc(C2(c3ccc(OCc4cnc(N5CCOCC5)s4)cc3)CCC2)cc1. The van der Waals surface area contributed by atoms with Crippen LogP contribution >= 0.6 is 11.3 Å². The molecule has 0 radical (unpaired) electrons. The largest absolute Gasteiger partial charge is 0.488 e. The van der Waals surface area contributed by atoms with E-state index in [1.54, 1.807) is 11.3 Å². The lowest BCUT2D eigenvalue weighted by Gasteiger charge is -2.43. The Bertz CT molecular complexity index is 971. The van der Waals surface area contributed by atoms with E-state index in [1.807, 2.05) is 6.20 Å². The van der Waals surface area contributed by atoms with Gasteiger partial charge in [-0.05, 0) is 43.0 Å². The molecule has 5 heteroatoms. The molecular formula is C25H28N2O2S. The molecule has 30 heavy (non-hydrogen) atoms. The first-order valence-electron chi connectivity index (χ1n) is 10.8. The van der Waals surface area contributed by atoms with Crippen LogP contribution in [0.15, 0.2) is 54.7 Å². The van der Waals surface area contributed by atoms with Crippen LogP contribution in [0, 0.1) is 6.92 Å². The van der Waals surface area contributed by atoms with Gasteiger partial charge in [-0.1, -0.05) is 59.7 Å². The molecule has 1 aromatic heterocycles. The number of ether oxygens (including phenoxy) is 2. The van der Waals surface area contributed by atoms with Gasteiger partial charge in [-0.25, -0.2) is 4.98 Å². The summed E-state index contributed by atoms with van der Waals surface area (Å²) in [5.74, 6) is 0.915. The first-order valence-corrected chi connectivity index (χ1v) is 11.6. The molecule has 0 bridgehead atoms. The summed E-state index contributed by atoms with van der Waals surface area (Å²) in [6, 6.07) is 17.8. The van der Waals surface area contributed by atoms with Crippen molar-refractivity contribution in [2.75, 3.05) is 31.2 Å². The summed E-state index contributed by atoms with van der Waals surface area (Å²) in [5, 5.41) is 1.07. The lowest BCUT2D eigenvalue weighted by atomic mass is 9.60. The highest BCUT2D eigenvalue weighted by atomic mass is 32.1. The van der Waals surface area contributed by atoms with E-state index in [-0.39, 0.29) is 5.41 Å². The number of aromatic nitrogens is 1. The maximum Gasteiger partial charge on any atom is 0.185 e.